The molecule has 0 aromatic heterocycles. The van der Waals surface area contributed by atoms with E-state index in [4.69, 9.17) is 0 Å². The molecular weight excluding hydrogens is 244 g/mol. The predicted octanol–water partition coefficient (Wildman–Crippen LogP) is 4.83. The monoisotopic (exact) mass is 269 g/mol. The number of rotatable bonds is 8. The van der Waals surface area contributed by atoms with E-state index in [2.05, 4.69) is 19.2 Å². The normalized spacial score (nSPS) is 12.9. The van der Waals surface area contributed by atoms with Crippen LogP contribution in [0.2, 0.25) is 0 Å². The lowest BCUT2D eigenvalue weighted by Crippen LogP contribution is -2.28. The van der Waals surface area contributed by atoms with Gasteiger partial charge in [-0.1, -0.05) is 33.6 Å². The molecule has 0 aliphatic rings. The zero-order valence-electron chi connectivity index (χ0n) is 12.2. The van der Waals surface area contributed by atoms with Gasteiger partial charge in [-0.05, 0) is 43.0 Å². The highest BCUT2D eigenvalue weighted by molar-refractivity contribution is 5.22. The Morgan fingerprint density at radius 2 is 1.47 bits per heavy atom. The minimum atomic E-state index is -0.496. The average molecular weight is 269 g/mol. The first kappa shape index (κ1) is 16.1. The van der Waals surface area contributed by atoms with Crippen molar-refractivity contribution < 1.29 is 8.78 Å². The van der Waals surface area contributed by atoms with Gasteiger partial charge in [0, 0.05) is 12.1 Å². The molecule has 19 heavy (non-hydrogen) atoms. The zero-order chi connectivity index (χ0) is 14.3. The van der Waals surface area contributed by atoms with Crippen LogP contribution in [0, 0.1) is 17.6 Å². The molecule has 1 unspecified atom stereocenters. The van der Waals surface area contributed by atoms with Gasteiger partial charge in [0.05, 0.1) is 0 Å². The molecule has 0 aliphatic heterocycles. The molecule has 0 fully saturated rings. The molecule has 3 heteroatoms. The predicted molar refractivity (Wildman–Crippen MR) is 76.1 cm³/mol. The minimum absolute atomic E-state index is 0.0371. The van der Waals surface area contributed by atoms with Crippen LogP contribution in [0.3, 0.4) is 0 Å². The highest BCUT2D eigenvalue weighted by Gasteiger charge is 2.22. The summed E-state index contributed by atoms with van der Waals surface area (Å²) < 4.78 is 26.8. The average Bonchev–Trinajstić information content (AvgIpc) is 2.34. The summed E-state index contributed by atoms with van der Waals surface area (Å²) in [5.41, 5.74) is 0.728. The van der Waals surface area contributed by atoms with Crippen LogP contribution in [0.5, 0.6) is 0 Å². The number of halogens is 2. The first-order valence-corrected chi connectivity index (χ1v) is 7.31. The van der Waals surface area contributed by atoms with E-state index in [1.54, 1.807) is 0 Å². The molecule has 1 atom stereocenters. The van der Waals surface area contributed by atoms with Gasteiger partial charge in [-0.3, -0.25) is 0 Å². The molecule has 0 saturated heterocycles. The van der Waals surface area contributed by atoms with Crippen LogP contribution in [0.1, 0.15) is 58.1 Å². The molecule has 0 saturated carbocycles. The van der Waals surface area contributed by atoms with E-state index in [1.807, 2.05) is 6.92 Å². The SMILES string of the molecule is CCCC(CCC)C(NCC)c1cc(F)cc(F)c1. The quantitative estimate of drug-likeness (QED) is 0.712. The largest absolute Gasteiger partial charge is 0.310 e. The topological polar surface area (TPSA) is 12.0 Å². The van der Waals surface area contributed by atoms with Crippen LogP contribution in [-0.2, 0) is 0 Å². The van der Waals surface area contributed by atoms with E-state index in [9.17, 15) is 8.78 Å². The second-order valence-electron chi connectivity index (χ2n) is 5.08. The third kappa shape index (κ3) is 4.90. The van der Waals surface area contributed by atoms with Gasteiger partial charge in [-0.2, -0.15) is 0 Å². The van der Waals surface area contributed by atoms with Crippen molar-refractivity contribution in [2.24, 2.45) is 5.92 Å². The van der Waals surface area contributed by atoms with Gasteiger partial charge in [-0.15, -0.1) is 0 Å². The minimum Gasteiger partial charge on any atom is -0.310 e. The van der Waals surface area contributed by atoms with E-state index in [0.29, 0.717) is 5.92 Å². The van der Waals surface area contributed by atoms with Crippen molar-refractivity contribution in [3.63, 3.8) is 0 Å². The van der Waals surface area contributed by atoms with Gasteiger partial charge in [0.2, 0.25) is 0 Å². The number of hydrogen-bond acceptors (Lipinski definition) is 1. The van der Waals surface area contributed by atoms with E-state index in [-0.39, 0.29) is 6.04 Å². The maximum Gasteiger partial charge on any atom is 0.126 e. The molecule has 0 radical (unpaired) electrons. The lowest BCUT2D eigenvalue weighted by molar-refractivity contribution is 0.318. The van der Waals surface area contributed by atoms with Crippen LogP contribution in [0.4, 0.5) is 8.78 Å². The van der Waals surface area contributed by atoms with E-state index in [0.717, 1.165) is 43.9 Å². The van der Waals surface area contributed by atoms with Crippen LogP contribution < -0.4 is 5.32 Å². The molecule has 1 nitrogen and oxygen atoms in total. The molecule has 1 aromatic carbocycles. The van der Waals surface area contributed by atoms with Crippen LogP contribution in [0.25, 0.3) is 0 Å². The lowest BCUT2D eigenvalue weighted by Gasteiger charge is -2.28. The Bertz CT molecular complexity index is 353. The van der Waals surface area contributed by atoms with Gasteiger partial charge in [-0.25, -0.2) is 8.78 Å². The fourth-order valence-electron chi connectivity index (χ4n) is 2.75. The first-order valence-electron chi connectivity index (χ1n) is 7.31. The Morgan fingerprint density at radius 3 is 1.89 bits per heavy atom. The Labute approximate surface area is 115 Å². The molecule has 0 spiro atoms. The lowest BCUT2D eigenvalue weighted by atomic mass is 9.86. The summed E-state index contributed by atoms with van der Waals surface area (Å²) in [6, 6.07) is 3.88. The molecular formula is C16H25F2N. The zero-order valence-corrected chi connectivity index (χ0v) is 12.2. The summed E-state index contributed by atoms with van der Waals surface area (Å²) in [4.78, 5) is 0. The molecule has 0 amide bonds. The van der Waals surface area contributed by atoms with E-state index >= 15 is 0 Å². The van der Waals surface area contributed by atoms with Crippen molar-refractivity contribution in [2.45, 2.75) is 52.5 Å². The number of hydrogen-bond donors (Lipinski definition) is 1. The Kier molecular flexibility index (Phi) is 7.00. The van der Waals surface area contributed by atoms with Crippen molar-refractivity contribution in [1.82, 2.24) is 5.32 Å². The second-order valence-corrected chi connectivity index (χ2v) is 5.08. The fraction of sp³-hybridized carbons (Fsp3) is 0.625. The number of nitrogens with one attached hydrogen (secondary N) is 1. The van der Waals surface area contributed by atoms with Crippen LogP contribution in [-0.4, -0.2) is 6.54 Å². The maximum atomic E-state index is 13.4. The standard InChI is InChI=1S/C16H25F2N/c1-4-7-12(8-5-2)16(19-6-3)13-9-14(17)11-15(18)10-13/h9-12,16,19H,4-8H2,1-3H3. The van der Waals surface area contributed by atoms with Crippen molar-refractivity contribution in [2.75, 3.05) is 6.54 Å². The maximum absolute atomic E-state index is 13.4. The molecule has 1 rings (SSSR count). The molecule has 0 aliphatic carbocycles. The molecule has 108 valence electrons. The highest BCUT2D eigenvalue weighted by Crippen LogP contribution is 2.30. The third-order valence-corrected chi connectivity index (χ3v) is 3.46. The number of benzene rings is 1. The highest BCUT2D eigenvalue weighted by atomic mass is 19.1. The molecule has 0 heterocycles. The van der Waals surface area contributed by atoms with Crippen LogP contribution in [0.15, 0.2) is 18.2 Å². The summed E-state index contributed by atoms with van der Waals surface area (Å²) in [6.45, 7) is 7.12. The van der Waals surface area contributed by atoms with Gasteiger partial charge in [0.25, 0.3) is 0 Å². The fourth-order valence-corrected chi connectivity index (χ4v) is 2.75. The summed E-state index contributed by atoms with van der Waals surface area (Å²) in [5.74, 6) is -0.564. The summed E-state index contributed by atoms with van der Waals surface area (Å²) in [6.07, 6.45) is 4.32. The molecule has 0 bridgehead atoms. The Hall–Kier alpha value is -0.960. The summed E-state index contributed by atoms with van der Waals surface area (Å²) in [7, 11) is 0. The Balaban J connectivity index is 3.01. The van der Waals surface area contributed by atoms with Crippen molar-refractivity contribution in [3.05, 3.63) is 35.4 Å². The van der Waals surface area contributed by atoms with Crippen molar-refractivity contribution >= 4 is 0 Å². The third-order valence-electron chi connectivity index (χ3n) is 3.46. The first-order chi connectivity index (χ1) is 9.12. The van der Waals surface area contributed by atoms with Gasteiger partial charge in [0.15, 0.2) is 0 Å². The smallest absolute Gasteiger partial charge is 0.126 e. The van der Waals surface area contributed by atoms with Crippen molar-refractivity contribution in [1.29, 1.82) is 0 Å². The Morgan fingerprint density at radius 1 is 0.947 bits per heavy atom. The summed E-state index contributed by atoms with van der Waals surface area (Å²) in [5, 5.41) is 3.39. The van der Waals surface area contributed by atoms with Gasteiger partial charge in [0.1, 0.15) is 11.6 Å². The van der Waals surface area contributed by atoms with E-state index in [1.165, 1.54) is 12.1 Å². The summed E-state index contributed by atoms with van der Waals surface area (Å²) >= 11 is 0. The molecule has 1 aromatic rings. The van der Waals surface area contributed by atoms with Crippen LogP contribution >= 0.6 is 0 Å². The van der Waals surface area contributed by atoms with Gasteiger partial charge >= 0.3 is 0 Å². The second kappa shape index (κ2) is 8.26. The van der Waals surface area contributed by atoms with Crippen molar-refractivity contribution in [3.8, 4) is 0 Å². The molecule has 1 N–H and O–H groups in total. The van der Waals surface area contributed by atoms with E-state index < -0.39 is 11.6 Å². The van der Waals surface area contributed by atoms with Gasteiger partial charge < -0.3 is 5.32 Å².